The molecule has 0 amide bonds. The van der Waals surface area contributed by atoms with Gasteiger partial charge in [0.2, 0.25) is 0 Å². The van der Waals surface area contributed by atoms with Crippen LogP contribution in [0.1, 0.15) is 44.8 Å². The summed E-state index contributed by atoms with van der Waals surface area (Å²) in [6.45, 7) is 4.44. The topological polar surface area (TPSA) is 38.9 Å². The van der Waals surface area contributed by atoms with Crippen molar-refractivity contribution in [1.82, 2.24) is 4.98 Å². The van der Waals surface area contributed by atoms with Crippen LogP contribution < -0.4 is 5.73 Å². The number of halogens is 1. The smallest absolute Gasteiger partial charge is 0.0756 e. The molecule has 0 radical (unpaired) electrons. The molecule has 3 heteroatoms. The molecule has 2 nitrogen and oxygen atoms in total. The second-order valence-electron chi connectivity index (χ2n) is 4.30. The van der Waals surface area contributed by atoms with E-state index in [0.717, 1.165) is 24.5 Å². The molecule has 1 aromatic heterocycles. The van der Waals surface area contributed by atoms with Gasteiger partial charge in [-0.2, -0.15) is 0 Å². The van der Waals surface area contributed by atoms with Gasteiger partial charge in [-0.05, 0) is 24.5 Å². The molecule has 0 aliphatic heterocycles. The van der Waals surface area contributed by atoms with Crippen molar-refractivity contribution in [2.24, 2.45) is 11.7 Å². The summed E-state index contributed by atoms with van der Waals surface area (Å²) in [4.78, 5) is 4.22. The largest absolute Gasteiger partial charge is 0.323 e. The van der Waals surface area contributed by atoms with Gasteiger partial charge in [-0.25, -0.2) is 0 Å². The summed E-state index contributed by atoms with van der Waals surface area (Å²) in [5.41, 5.74) is 6.86. The van der Waals surface area contributed by atoms with Crippen molar-refractivity contribution in [3.63, 3.8) is 0 Å². The minimum Gasteiger partial charge on any atom is -0.323 e. The molecule has 0 aromatic carbocycles. The molecule has 1 aromatic rings. The fourth-order valence-electron chi connectivity index (χ4n) is 1.55. The average Bonchev–Trinajstić information content (AvgIpc) is 2.17. The first-order valence-electron chi connectivity index (χ1n) is 5.47. The number of hydrogen-bond donors (Lipinski definition) is 1. The first-order valence-corrected chi connectivity index (χ1v) is 5.85. The summed E-state index contributed by atoms with van der Waals surface area (Å²) in [5, 5.41) is 0.676. The van der Waals surface area contributed by atoms with Crippen LogP contribution in [0.4, 0.5) is 0 Å². The minimum atomic E-state index is -0.0301. The molecular weight excluding hydrogens is 208 g/mol. The third kappa shape index (κ3) is 4.18. The molecule has 0 aliphatic carbocycles. The molecule has 1 atom stereocenters. The minimum absolute atomic E-state index is 0.0301. The lowest BCUT2D eigenvalue weighted by Gasteiger charge is -2.12. The highest BCUT2D eigenvalue weighted by Crippen LogP contribution is 2.22. The van der Waals surface area contributed by atoms with E-state index in [9.17, 15) is 0 Å². The zero-order chi connectivity index (χ0) is 11.3. The predicted octanol–water partition coefficient (Wildman–Crippen LogP) is 3.56. The summed E-state index contributed by atoms with van der Waals surface area (Å²) in [5.74, 6) is 0.733. The Labute approximate surface area is 96.8 Å². The summed E-state index contributed by atoms with van der Waals surface area (Å²) in [6.07, 6.45) is 5.03. The highest BCUT2D eigenvalue weighted by Gasteiger charge is 2.10. The van der Waals surface area contributed by atoms with Crippen LogP contribution in [-0.4, -0.2) is 4.98 Å². The number of rotatable bonds is 5. The fraction of sp³-hybridized carbons (Fsp3) is 0.583. The van der Waals surface area contributed by atoms with Gasteiger partial charge in [0.15, 0.2) is 0 Å². The quantitative estimate of drug-likeness (QED) is 0.834. The van der Waals surface area contributed by atoms with Crippen LogP contribution >= 0.6 is 11.6 Å². The molecule has 0 fully saturated rings. The van der Waals surface area contributed by atoms with E-state index in [2.05, 4.69) is 18.8 Å². The molecule has 0 saturated heterocycles. The van der Waals surface area contributed by atoms with Gasteiger partial charge in [-0.15, -0.1) is 0 Å². The Morgan fingerprint density at radius 1 is 1.40 bits per heavy atom. The third-order valence-electron chi connectivity index (χ3n) is 2.43. The SMILES string of the molecule is CC(C)CCCC(N)c1ncccc1Cl. The first-order chi connectivity index (χ1) is 7.11. The van der Waals surface area contributed by atoms with Crippen LogP contribution in [0.5, 0.6) is 0 Å². The highest BCUT2D eigenvalue weighted by atomic mass is 35.5. The number of aromatic nitrogens is 1. The normalized spacial score (nSPS) is 13.1. The zero-order valence-electron chi connectivity index (χ0n) is 9.41. The Hall–Kier alpha value is -0.600. The molecule has 1 heterocycles. The Morgan fingerprint density at radius 2 is 2.13 bits per heavy atom. The van der Waals surface area contributed by atoms with Crippen LogP contribution in [0.3, 0.4) is 0 Å². The van der Waals surface area contributed by atoms with Gasteiger partial charge in [0.1, 0.15) is 0 Å². The number of pyridine rings is 1. The van der Waals surface area contributed by atoms with Crippen LogP contribution in [0.2, 0.25) is 5.02 Å². The lowest BCUT2D eigenvalue weighted by atomic mass is 10.0. The van der Waals surface area contributed by atoms with E-state index in [4.69, 9.17) is 17.3 Å². The van der Waals surface area contributed by atoms with Crippen molar-refractivity contribution >= 4 is 11.6 Å². The number of nitrogens with two attached hydrogens (primary N) is 1. The maximum atomic E-state index is 6.04. The van der Waals surface area contributed by atoms with E-state index in [-0.39, 0.29) is 6.04 Å². The fourth-order valence-corrected chi connectivity index (χ4v) is 1.82. The lowest BCUT2D eigenvalue weighted by molar-refractivity contribution is 0.501. The molecule has 1 rings (SSSR count). The molecule has 1 unspecified atom stereocenters. The van der Waals surface area contributed by atoms with Crippen molar-refractivity contribution in [1.29, 1.82) is 0 Å². The van der Waals surface area contributed by atoms with Gasteiger partial charge in [0.25, 0.3) is 0 Å². The highest BCUT2D eigenvalue weighted by molar-refractivity contribution is 6.31. The molecule has 84 valence electrons. The van der Waals surface area contributed by atoms with E-state index in [1.54, 1.807) is 6.20 Å². The summed E-state index contributed by atoms with van der Waals surface area (Å²) in [6, 6.07) is 3.64. The Bertz CT molecular complexity index is 299. The molecule has 0 saturated carbocycles. The van der Waals surface area contributed by atoms with Crippen molar-refractivity contribution < 1.29 is 0 Å². The van der Waals surface area contributed by atoms with E-state index in [1.807, 2.05) is 12.1 Å². The Balaban J connectivity index is 2.47. The summed E-state index contributed by atoms with van der Waals surface area (Å²) >= 11 is 6.02. The van der Waals surface area contributed by atoms with Crippen molar-refractivity contribution in [2.75, 3.05) is 0 Å². The third-order valence-corrected chi connectivity index (χ3v) is 2.75. The standard InChI is InChI=1S/C12H19ClN2/c1-9(2)5-3-7-11(14)12-10(13)6-4-8-15-12/h4,6,8-9,11H,3,5,7,14H2,1-2H3. The van der Waals surface area contributed by atoms with Crippen LogP contribution in [0, 0.1) is 5.92 Å². The second-order valence-corrected chi connectivity index (χ2v) is 4.71. The molecule has 15 heavy (non-hydrogen) atoms. The van der Waals surface area contributed by atoms with Crippen molar-refractivity contribution in [2.45, 2.75) is 39.2 Å². The molecular formula is C12H19ClN2. The van der Waals surface area contributed by atoms with E-state index >= 15 is 0 Å². The second kappa shape index (κ2) is 6.09. The molecule has 0 aliphatic rings. The Morgan fingerprint density at radius 3 is 2.73 bits per heavy atom. The molecule has 0 spiro atoms. The van der Waals surface area contributed by atoms with Gasteiger partial charge < -0.3 is 5.73 Å². The van der Waals surface area contributed by atoms with Gasteiger partial charge in [-0.3, -0.25) is 4.98 Å². The van der Waals surface area contributed by atoms with Gasteiger partial charge in [0.05, 0.1) is 10.7 Å². The van der Waals surface area contributed by atoms with Crippen molar-refractivity contribution in [3.05, 3.63) is 29.0 Å². The Kier molecular flexibility index (Phi) is 5.06. The van der Waals surface area contributed by atoms with Crippen molar-refractivity contribution in [3.8, 4) is 0 Å². The maximum Gasteiger partial charge on any atom is 0.0756 e. The van der Waals surface area contributed by atoms with Crippen LogP contribution in [0.15, 0.2) is 18.3 Å². The first kappa shape index (κ1) is 12.5. The lowest BCUT2D eigenvalue weighted by Crippen LogP contribution is -2.12. The van der Waals surface area contributed by atoms with E-state index in [1.165, 1.54) is 6.42 Å². The van der Waals surface area contributed by atoms with Crippen LogP contribution in [0.25, 0.3) is 0 Å². The van der Waals surface area contributed by atoms with Crippen LogP contribution in [-0.2, 0) is 0 Å². The van der Waals surface area contributed by atoms with E-state index in [0.29, 0.717) is 5.02 Å². The molecule has 2 N–H and O–H groups in total. The number of nitrogens with zero attached hydrogens (tertiary/aromatic N) is 1. The number of hydrogen-bond acceptors (Lipinski definition) is 2. The summed E-state index contributed by atoms with van der Waals surface area (Å²) in [7, 11) is 0. The predicted molar refractivity (Wildman–Crippen MR) is 64.9 cm³/mol. The monoisotopic (exact) mass is 226 g/mol. The summed E-state index contributed by atoms with van der Waals surface area (Å²) < 4.78 is 0. The van der Waals surface area contributed by atoms with Gasteiger partial charge >= 0.3 is 0 Å². The maximum absolute atomic E-state index is 6.04. The molecule has 0 bridgehead atoms. The average molecular weight is 227 g/mol. The zero-order valence-corrected chi connectivity index (χ0v) is 10.2. The van der Waals surface area contributed by atoms with Gasteiger partial charge in [0, 0.05) is 12.2 Å². The van der Waals surface area contributed by atoms with Gasteiger partial charge in [-0.1, -0.05) is 38.3 Å². The van der Waals surface area contributed by atoms with E-state index < -0.39 is 0 Å².